The first kappa shape index (κ1) is 10.3. The normalized spacial score (nSPS) is 26.2. The van der Waals surface area contributed by atoms with Crippen LogP contribution in [0.4, 0.5) is 0 Å². The van der Waals surface area contributed by atoms with Crippen LogP contribution in [0.2, 0.25) is 0 Å². The van der Waals surface area contributed by atoms with E-state index in [4.69, 9.17) is 10.9 Å². The lowest BCUT2D eigenvalue weighted by Gasteiger charge is -2.29. The number of nitrogens with zero attached hydrogens (tertiary/aromatic N) is 2. The molecule has 13 heavy (non-hydrogen) atoms. The molecule has 1 atom stereocenters. The van der Waals surface area contributed by atoms with Gasteiger partial charge in [-0.25, -0.2) is 0 Å². The number of β-amino-alcohol motifs (C(OH)–C–C–N with tert-alkyl or cyclic N) is 1. The maximum atomic E-state index is 9.35. The molecule has 0 amide bonds. The first-order valence-electron chi connectivity index (χ1n) is 4.59. The van der Waals surface area contributed by atoms with E-state index in [0.29, 0.717) is 13.0 Å². The van der Waals surface area contributed by atoms with E-state index in [1.165, 1.54) is 0 Å². The maximum Gasteiger partial charge on any atom is 0.140 e. The standard InChI is InChI=1S/C8H17N3O2/c9-8(10-13)3-5-11-4-1-2-7(12)6-11/h7,12-13H,1-6H2,(H2,9,10). The molecular formula is C8H17N3O2. The van der Waals surface area contributed by atoms with Crippen LogP contribution in [-0.2, 0) is 0 Å². The summed E-state index contributed by atoms with van der Waals surface area (Å²) < 4.78 is 0. The molecule has 5 heteroatoms. The summed E-state index contributed by atoms with van der Waals surface area (Å²) >= 11 is 0. The average Bonchev–Trinajstić information content (AvgIpc) is 2.14. The Hall–Kier alpha value is -0.810. The van der Waals surface area contributed by atoms with Gasteiger partial charge < -0.3 is 20.9 Å². The van der Waals surface area contributed by atoms with Crippen molar-refractivity contribution >= 4 is 5.84 Å². The Morgan fingerprint density at radius 2 is 2.38 bits per heavy atom. The molecule has 1 saturated heterocycles. The van der Waals surface area contributed by atoms with Gasteiger partial charge in [0.1, 0.15) is 5.84 Å². The second-order valence-electron chi connectivity index (χ2n) is 3.44. The molecule has 1 fully saturated rings. The van der Waals surface area contributed by atoms with Crippen molar-refractivity contribution in [3.63, 3.8) is 0 Å². The Balaban J connectivity index is 2.20. The summed E-state index contributed by atoms with van der Waals surface area (Å²) in [4.78, 5) is 2.13. The zero-order chi connectivity index (χ0) is 9.68. The van der Waals surface area contributed by atoms with Gasteiger partial charge in [0.05, 0.1) is 6.10 Å². The molecule has 0 saturated carbocycles. The maximum absolute atomic E-state index is 9.35. The summed E-state index contributed by atoms with van der Waals surface area (Å²) in [6.45, 7) is 2.46. The zero-order valence-corrected chi connectivity index (χ0v) is 7.69. The molecule has 1 heterocycles. The monoisotopic (exact) mass is 187 g/mol. The number of hydrogen-bond acceptors (Lipinski definition) is 4. The molecule has 0 aliphatic carbocycles. The van der Waals surface area contributed by atoms with Crippen LogP contribution in [0.25, 0.3) is 0 Å². The summed E-state index contributed by atoms with van der Waals surface area (Å²) in [6.07, 6.45) is 2.27. The van der Waals surface area contributed by atoms with E-state index in [1.807, 2.05) is 0 Å². The Bertz CT molecular complexity index is 184. The summed E-state index contributed by atoms with van der Waals surface area (Å²) in [7, 11) is 0. The lowest BCUT2D eigenvalue weighted by molar-refractivity contribution is 0.0721. The summed E-state index contributed by atoms with van der Waals surface area (Å²) in [5, 5.41) is 20.6. The molecule has 0 aromatic heterocycles. The molecule has 5 nitrogen and oxygen atoms in total. The van der Waals surface area contributed by atoms with Gasteiger partial charge in [-0.15, -0.1) is 0 Å². The van der Waals surface area contributed by atoms with Crippen LogP contribution in [0.5, 0.6) is 0 Å². The molecule has 0 spiro atoms. The Labute approximate surface area is 77.8 Å². The average molecular weight is 187 g/mol. The number of amidine groups is 1. The topological polar surface area (TPSA) is 82.1 Å². The Morgan fingerprint density at radius 3 is 3.00 bits per heavy atom. The highest BCUT2D eigenvalue weighted by Crippen LogP contribution is 2.09. The van der Waals surface area contributed by atoms with E-state index in [2.05, 4.69) is 10.1 Å². The van der Waals surface area contributed by atoms with E-state index in [-0.39, 0.29) is 11.9 Å². The van der Waals surface area contributed by atoms with E-state index in [1.54, 1.807) is 0 Å². The van der Waals surface area contributed by atoms with Gasteiger partial charge in [-0.2, -0.15) is 0 Å². The molecule has 1 aliphatic rings. The Morgan fingerprint density at radius 1 is 1.62 bits per heavy atom. The third kappa shape index (κ3) is 3.61. The van der Waals surface area contributed by atoms with Crippen LogP contribution >= 0.6 is 0 Å². The number of rotatable bonds is 3. The van der Waals surface area contributed by atoms with E-state index in [0.717, 1.165) is 25.9 Å². The van der Waals surface area contributed by atoms with Crippen molar-refractivity contribution in [1.82, 2.24) is 4.90 Å². The van der Waals surface area contributed by atoms with Gasteiger partial charge in [0.2, 0.25) is 0 Å². The fourth-order valence-corrected chi connectivity index (χ4v) is 1.56. The number of aliphatic hydroxyl groups excluding tert-OH is 1. The predicted molar refractivity (Wildman–Crippen MR) is 49.7 cm³/mol. The molecule has 0 aromatic rings. The van der Waals surface area contributed by atoms with Gasteiger partial charge >= 0.3 is 0 Å². The number of hydrogen-bond donors (Lipinski definition) is 3. The second-order valence-corrected chi connectivity index (χ2v) is 3.44. The number of likely N-dealkylation sites (tertiary alicyclic amines) is 1. The SMILES string of the molecule is N/C(CCN1CCCC(O)C1)=N\O. The number of oxime groups is 1. The highest BCUT2D eigenvalue weighted by atomic mass is 16.4. The van der Waals surface area contributed by atoms with Crippen LogP contribution < -0.4 is 5.73 Å². The van der Waals surface area contributed by atoms with Crippen molar-refractivity contribution in [2.45, 2.75) is 25.4 Å². The first-order chi connectivity index (χ1) is 6.22. The van der Waals surface area contributed by atoms with E-state index in [9.17, 15) is 5.11 Å². The van der Waals surface area contributed by atoms with Crippen molar-refractivity contribution in [3.8, 4) is 0 Å². The predicted octanol–water partition coefficient (Wildman–Crippen LogP) is -0.420. The van der Waals surface area contributed by atoms with Crippen LogP contribution in [0.15, 0.2) is 5.16 Å². The highest BCUT2D eigenvalue weighted by Gasteiger charge is 2.16. The molecule has 0 aromatic carbocycles. The molecule has 1 rings (SSSR count). The second kappa shape index (κ2) is 5.04. The van der Waals surface area contributed by atoms with Gasteiger partial charge in [0.25, 0.3) is 0 Å². The van der Waals surface area contributed by atoms with Crippen molar-refractivity contribution in [2.75, 3.05) is 19.6 Å². The lowest BCUT2D eigenvalue weighted by atomic mass is 10.1. The number of aliphatic hydroxyl groups is 1. The molecule has 0 bridgehead atoms. The van der Waals surface area contributed by atoms with Crippen LogP contribution in [0.3, 0.4) is 0 Å². The summed E-state index contributed by atoms with van der Waals surface area (Å²) in [5.41, 5.74) is 5.34. The fraction of sp³-hybridized carbons (Fsp3) is 0.875. The third-order valence-corrected chi connectivity index (χ3v) is 2.29. The van der Waals surface area contributed by atoms with Crippen LogP contribution in [-0.4, -0.2) is 46.8 Å². The van der Waals surface area contributed by atoms with Crippen LogP contribution in [0, 0.1) is 0 Å². The Kier molecular flexibility index (Phi) is 3.98. The minimum Gasteiger partial charge on any atom is -0.409 e. The number of nitrogens with two attached hydrogens (primary N) is 1. The quantitative estimate of drug-likeness (QED) is 0.242. The zero-order valence-electron chi connectivity index (χ0n) is 7.69. The van der Waals surface area contributed by atoms with Crippen molar-refractivity contribution in [3.05, 3.63) is 0 Å². The molecule has 0 radical (unpaired) electrons. The lowest BCUT2D eigenvalue weighted by Crippen LogP contribution is -2.39. The third-order valence-electron chi connectivity index (χ3n) is 2.29. The highest BCUT2D eigenvalue weighted by molar-refractivity contribution is 5.79. The van der Waals surface area contributed by atoms with E-state index >= 15 is 0 Å². The van der Waals surface area contributed by atoms with Crippen molar-refractivity contribution < 1.29 is 10.3 Å². The van der Waals surface area contributed by atoms with Crippen molar-refractivity contribution in [1.29, 1.82) is 0 Å². The van der Waals surface area contributed by atoms with Gasteiger partial charge in [0, 0.05) is 19.5 Å². The minimum atomic E-state index is -0.207. The van der Waals surface area contributed by atoms with Gasteiger partial charge in [-0.05, 0) is 19.4 Å². The molecular weight excluding hydrogens is 170 g/mol. The van der Waals surface area contributed by atoms with Gasteiger partial charge in [-0.3, -0.25) is 0 Å². The minimum absolute atomic E-state index is 0.207. The van der Waals surface area contributed by atoms with Crippen molar-refractivity contribution in [2.24, 2.45) is 10.9 Å². The largest absolute Gasteiger partial charge is 0.409 e. The van der Waals surface area contributed by atoms with Gasteiger partial charge in [0.15, 0.2) is 0 Å². The molecule has 1 aliphatic heterocycles. The van der Waals surface area contributed by atoms with E-state index < -0.39 is 0 Å². The fourth-order valence-electron chi connectivity index (χ4n) is 1.56. The molecule has 1 unspecified atom stereocenters. The summed E-state index contributed by atoms with van der Waals surface area (Å²) in [6, 6.07) is 0. The van der Waals surface area contributed by atoms with Gasteiger partial charge in [-0.1, -0.05) is 5.16 Å². The van der Waals surface area contributed by atoms with Crippen LogP contribution in [0.1, 0.15) is 19.3 Å². The summed E-state index contributed by atoms with van der Waals surface area (Å²) in [5.74, 6) is 0.250. The molecule has 76 valence electrons. The molecule has 4 N–H and O–H groups in total. The number of piperidine rings is 1. The smallest absolute Gasteiger partial charge is 0.140 e. The first-order valence-corrected chi connectivity index (χ1v) is 4.59.